The molecule has 2 heterocycles. The number of imidazole rings is 1. The maximum atomic E-state index is 6.20. The van der Waals surface area contributed by atoms with Crippen molar-refractivity contribution in [2.24, 2.45) is 11.7 Å². The lowest BCUT2D eigenvalue weighted by Gasteiger charge is -2.16. The number of nitrogens with zero attached hydrogens (tertiary/aromatic N) is 4. The fraction of sp³-hybridized carbons (Fsp3) is 0.615. The molecule has 1 unspecified atom stereocenters. The first kappa shape index (κ1) is 13.7. The highest BCUT2D eigenvalue weighted by molar-refractivity contribution is 5.05. The Hall–Kier alpha value is -1.69. The van der Waals surface area contributed by atoms with Crippen LogP contribution in [0.1, 0.15) is 43.7 Å². The molecule has 0 saturated heterocycles. The van der Waals surface area contributed by atoms with Crippen LogP contribution in [0.4, 0.5) is 0 Å². The van der Waals surface area contributed by atoms with Gasteiger partial charge in [-0.15, -0.1) is 0 Å². The fourth-order valence-electron chi connectivity index (χ4n) is 2.11. The predicted molar refractivity (Wildman–Crippen MR) is 71.3 cm³/mol. The van der Waals surface area contributed by atoms with E-state index in [9.17, 15) is 0 Å². The van der Waals surface area contributed by atoms with Crippen LogP contribution in [0.2, 0.25) is 0 Å². The van der Waals surface area contributed by atoms with E-state index < -0.39 is 0 Å². The molecule has 1 atom stereocenters. The van der Waals surface area contributed by atoms with Crippen molar-refractivity contribution < 1.29 is 4.52 Å². The summed E-state index contributed by atoms with van der Waals surface area (Å²) in [6.07, 6.45) is 5.29. The van der Waals surface area contributed by atoms with Crippen molar-refractivity contribution >= 4 is 0 Å². The Kier molecular flexibility index (Phi) is 4.31. The van der Waals surface area contributed by atoms with Crippen LogP contribution in [0, 0.1) is 12.8 Å². The first-order valence-electron chi connectivity index (χ1n) is 6.61. The van der Waals surface area contributed by atoms with Gasteiger partial charge >= 0.3 is 0 Å². The molecule has 2 N–H and O–H groups in total. The van der Waals surface area contributed by atoms with Gasteiger partial charge in [0.1, 0.15) is 0 Å². The first-order valence-corrected chi connectivity index (χ1v) is 6.61. The summed E-state index contributed by atoms with van der Waals surface area (Å²) < 4.78 is 7.16. The molecular formula is C13H21N5O. The first-order chi connectivity index (χ1) is 9.06. The SMILES string of the molecule is Cc1noc(CCn2cncc2C(N)CC(C)C)n1. The molecule has 2 aromatic heterocycles. The van der Waals surface area contributed by atoms with E-state index in [0.29, 0.717) is 24.1 Å². The van der Waals surface area contributed by atoms with Crippen LogP contribution in [-0.2, 0) is 13.0 Å². The highest BCUT2D eigenvalue weighted by Gasteiger charge is 2.13. The number of rotatable bonds is 6. The van der Waals surface area contributed by atoms with Crippen molar-refractivity contribution in [1.82, 2.24) is 19.7 Å². The van der Waals surface area contributed by atoms with Gasteiger partial charge in [-0.3, -0.25) is 0 Å². The van der Waals surface area contributed by atoms with E-state index >= 15 is 0 Å². The summed E-state index contributed by atoms with van der Waals surface area (Å²) in [5, 5.41) is 3.78. The third-order valence-corrected chi connectivity index (χ3v) is 2.99. The van der Waals surface area contributed by atoms with Gasteiger partial charge in [-0.1, -0.05) is 19.0 Å². The summed E-state index contributed by atoms with van der Waals surface area (Å²) >= 11 is 0. The van der Waals surface area contributed by atoms with E-state index in [-0.39, 0.29) is 6.04 Å². The number of aryl methyl sites for hydroxylation is 3. The van der Waals surface area contributed by atoms with Gasteiger partial charge in [0.25, 0.3) is 0 Å². The van der Waals surface area contributed by atoms with Crippen molar-refractivity contribution in [3.8, 4) is 0 Å². The average molecular weight is 263 g/mol. The van der Waals surface area contributed by atoms with E-state index in [0.717, 1.165) is 18.7 Å². The van der Waals surface area contributed by atoms with E-state index in [2.05, 4.69) is 33.5 Å². The molecule has 0 spiro atoms. The Balaban J connectivity index is 1.99. The molecule has 104 valence electrons. The fourth-order valence-corrected chi connectivity index (χ4v) is 2.11. The highest BCUT2D eigenvalue weighted by Crippen LogP contribution is 2.18. The number of hydrogen-bond donors (Lipinski definition) is 1. The van der Waals surface area contributed by atoms with E-state index in [1.54, 1.807) is 6.33 Å². The molecule has 2 rings (SSSR count). The lowest BCUT2D eigenvalue weighted by molar-refractivity contribution is 0.366. The van der Waals surface area contributed by atoms with Crippen LogP contribution in [0.15, 0.2) is 17.0 Å². The second-order valence-electron chi connectivity index (χ2n) is 5.23. The summed E-state index contributed by atoms with van der Waals surface area (Å²) in [7, 11) is 0. The smallest absolute Gasteiger partial charge is 0.228 e. The van der Waals surface area contributed by atoms with E-state index in [1.165, 1.54) is 0 Å². The maximum Gasteiger partial charge on any atom is 0.228 e. The lowest BCUT2D eigenvalue weighted by atomic mass is 10.0. The third-order valence-electron chi connectivity index (χ3n) is 2.99. The number of nitrogens with two attached hydrogens (primary N) is 1. The largest absolute Gasteiger partial charge is 0.339 e. The van der Waals surface area contributed by atoms with Crippen LogP contribution in [0.5, 0.6) is 0 Å². The quantitative estimate of drug-likeness (QED) is 0.860. The summed E-state index contributed by atoms with van der Waals surface area (Å²) in [4.78, 5) is 8.37. The van der Waals surface area contributed by atoms with Crippen molar-refractivity contribution in [1.29, 1.82) is 0 Å². The Bertz CT molecular complexity index is 517. The summed E-state index contributed by atoms with van der Waals surface area (Å²) in [6, 6.07) is 0.0203. The Morgan fingerprint density at radius 2 is 2.21 bits per heavy atom. The molecule has 0 saturated carbocycles. The Labute approximate surface area is 113 Å². The van der Waals surface area contributed by atoms with Crippen molar-refractivity contribution in [3.63, 3.8) is 0 Å². The molecule has 0 aliphatic rings. The molecule has 6 nitrogen and oxygen atoms in total. The standard InChI is InChI=1S/C13H21N5O/c1-9(2)6-11(14)12-7-15-8-18(12)5-4-13-16-10(3)17-19-13/h7-9,11H,4-6,14H2,1-3H3. The number of aromatic nitrogens is 4. The second-order valence-corrected chi connectivity index (χ2v) is 5.23. The van der Waals surface area contributed by atoms with Crippen LogP contribution in [0.25, 0.3) is 0 Å². The normalized spacial score (nSPS) is 13.1. The van der Waals surface area contributed by atoms with Crippen molar-refractivity contribution in [2.45, 2.75) is 46.2 Å². The van der Waals surface area contributed by atoms with Crippen LogP contribution >= 0.6 is 0 Å². The topological polar surface area (TPSA) is 82.8 Å². The zero-order valence-corrected chi connectivity index (χ0v) is 11.7. The molecular weight excluding hydrogens is 242 g/mol. The summed E-state index contributed by atoms with van der Waals surface area (Å²) in [5.41, 5.74) is 7.26. The zero-order valence-electron chi connectivity index (χ0n) is 11.7. The van der Waals surface area contributed by atoms with Gasteiger partial charge in [-0.25, -0.2) is 4.98 Å². The molecule has 0 aromatic carbocycles. The van der Waals surface area contributed by atoms with E-state index in [4.69, 9.17) is 10.3 Å². The summed E-state index contributed by atoms with van der Waals surface area (Å²) in [6.45, 7) is 6.90. The van der Waals surface area contributed by atoms with Crippen molar-refractivity contribution in [2.75, 3.05) is 0 Å². The van der Waals surface area contributed by atoms with E-state index in [1.807, 2.05) is 13.1 Å². The summed E-state index contributed by atoms with van der Waals surface area (Å²) in [5.74, 6) is 1.88. The molecule has 0 fully saturated rings. The minimum atomic E-state index is 0.0203. The van der Waals surface area contributed by atoms with Gasteiger partial charge in [0.05, 0.1) is 12.0 Å². The molecule has 0 aliphatic carbocycles. The van der Waals surface area contributed by atoms with Gasteiger partial charge in [0.15, 0.2) is 5.82 Å². The molecule has 6 heteroatoms. The monoisotopic (exact) mass is 263 g/mol. The van der Waals surface area contributed by atoms with Gasteiger partial charge in [-0.2, -0.15) is 4.98 Å². The predicted octanol–water partition coefficient (Wildman–Crippen LogP) is 1.86. The Morgan fingerprint density at radius 1 is 1.42 bits per heavy atom. The molecule has 2 aromatic rings. The van der Waals surface area contributed by atoms with Gasteiger partial charge < -0.3 is 14.8 Å². The third kappa shape index (κ3) is 3.64. The Morgan fingerprint density at radius 3 is 2.84 bits per heavy atom. The number of hydrogen-bond acceptors (Lipinski definition) is 5. The van der Waals surface area contributed by atoms with Crippen LogP contribution < -0.4 is 5.73 Å². The van der Waals surface area contributed by atoms with Crippen LogP contribution in [0.3, 0.4) is 0 Å². The zero-order chi connectivity index (χ0) is 13.8. The van der Waals surface area contributed by atoms with Gasteiger partial charge in [0.2, 0.25) is 5.89 Å². The minimum Gasteiger partial charge on any atom is -0.339 e. The molecule has 19 heavy (non-hydrogen) atoms. The van der Waals surface area contributed by atoms with Crippen LogP contribution in [-0.4, -0.2) is 19.7 Å². The second kappa shape index (κ2) is 5.97. The molecule has 0 amide bonds. The average Bonchev–Trinajstić information content (AvgIpc) is 2.93. The van der Waals surface area contributed by atoms with Gasteiger partial charge in [-0.05, 0) is 19.3 Å². The van der Waals surface area contributed by atoms with Crippen molar-refractivity contribution in [3.05, 3.63) is 29.9 Å². The maximum absolute atomic E-state index is 6.20. The minimum absolute atomic E-state index is 0.0203. The molecule has 0 bridgehead atoms. The lowest BCUT2D eigenvalue weighted by Crippen LogP contribution is -2.17. The molecule has 0 radical (unpaired) electrons. The molecule has 0 aliphatic heterocycles. The highest BCUT2D eigenvalue weighted by atomic mass is 16.5. The van der Waals surface area contributed by atoms with Gasteiger partial charge in [0, 0.05) is 25.2 Å².